The number of hydrogen-bond acceptors (Lipinski definition) is 4. The molecule has 0 spiro atoms. The maximum absolute atomic E-state index is 2.67. The molecule has 2 nitrogen and oxygen atoms in total. The van der Waals surface area contributed by atoms with Gasteiger partial charge in [-0.05, 0) is 39.4 Å². The van der Waals surface area contributed by atoms with Crippen LogP contribution >= 0.6 is 22.9 Å². The number of benzene rings is 6. The standard InChI is InChI=1S/C39H32B4N2S2/c1-39(2)37-21-13-12-20-35(37)36-27-24-30(28-38(36)39)29-22-25-34(26-23-29)43-45-42(33-18-10-5-11-19-33)46-40(31-14-6-3-7-15-31)44(45)41(47-43)32-16-8-4-9-17-32/h3-28H,1-2H3. The molecule has 0 radical (unpaired) electrons. The van der Waals surface area contributed by atoms with Crippen LogP contribution in [-0.4, -0.2) is 34.2 Å². The molecule has 0 unspecified atom stereocenters. The van der Waals surface area contributed by atoms with Gasteiger partial charge in [-0.2, -0.15) is 0 Å². The molecule has 0 N–H and O–H groups in total. The van der Waals surface area contributed by atoms with Gasteiger partial charge in [0.05, 0.1) is 0 Å². The van der Waals surface area contributed by atoms with Gasteiger partial charge in [0, 0.05) is 5.41 Å². The number of fused-ring (bicyclic) bond motifs is 4. The van der Waals surface area contributed by atoms with E-state index in [0.717, 1.165) is 0 Å². The Morgan fingerprint density at radius 1 is 0.404 bits per heavy atom. The number of rotatable bonds is 5. The van der Waals surface area contributed by atoms with Crippen molar-refractivity contribution < 1.29 is 0 Å². The maximum Gasteiger partial charge on any atom is 0.319 e. The van der Waals surface area contributed by atoms with Gasteiger partial charge in [-0.15, -0.1) is 0 Å². The second-order valence-electron chi connectivity index (χ2n) is 13.2. The Balaban J connectivity index is 1.10. The molecule has 1 aliphatic carbocycles. The van der Waals surface area contributed by atoms with Crippen LogP contribution in [0.2, 0.25) is 0 Å². The van der Waals surface area contributed by atoms with Gasteiger partial charge in [0.25, 0.3) is 0 Å². The summed E-state index contributed by atoms with van der Waals surface area (Å²) in [7, 11) is 0. The van der Waals surface area contributed by atoms with Gasteiger partial charge in [0.15, 0.2) is 0 Å². The van der Waals surface area contributed by atoms with Gasteiger partial charge < -0.3 is 9.66 Å². The first-order valence-electron chi connectivity index (χ1n) is 16.4. The Morgan fingerprint density at radius 2 is 0.809 bits per heavy atom. The van der Waals surface area contributed by atoms with E-state index < -0.39 is 0 Å². The van der Waals surface area contributed by atoms with Gasteiger partial charge in [-0.3, -0.25) is 0 Å². The zero-order chi connectivity index (χ0) is 31.5. The number of nitrogens with zero attached hydrogens (tertiary/aromatic N) is 2. The third-order valence-corrected chi connectivity index (χ3v) is 13.1. The molecule has 0 atom stereocenters. The topological polar surface area (TPSA) is 6.48 Å². The van der Waals surface area contributed by atoms with E-state index >= 15 is 0 Å². The predicted molar refractivity (Wildman–Crippen MR) is 209 cm³/mol. The Labute approximate surface area is 288 Å². The number of hydrogen-bond donors (Lipinski definition) is 0. The highest BCUT2D eigenvalue weighted by Crippen LogP contribution is 2.49. The number of hydrazine groups is 1. The summed E-state index contributed by atoms with van der Waals surface area (Å²) >= 11 is 4.11. The predicted octanol–water partition coefficient (Wildman–Crippen LogP) is 6.55. The van der Waals surface area contributed by atoms with Crippen molar-refractivity contribution in [3.63, 3.8) is 0 Å². The fourth-order valence-corrected chi connectivity index (χ4v) is 11.0. The van der Waals surface area contributed by atoms with Gasteiger partial charge in [0.2, 0.25) is 0 Å². The van der Waals surface area contributed by atoms with Crippen molar-refractivity contribution in [2.24, 2.45) is 0 Å². The summed E-state index contributed by atoms with van der Waals surface area (Å²) in [6.07, 6.45) is 0.789. The molecular weight excluding hydrogens is 604 g/mol. The summed E-state index contributed by atoms with van der Waals surface area (Å²) in [6.45, 7) is 4.72. The van der Waals surface area contributed by atoms with Crippen LogP contribution in [0.25, 0.3) is 22.3 Å². The monoisotopic (exact) mass is 636 g/mol. The Bertz CT molecular complexity index is 2030. The van der Waals surface area contributed by atoms with E-state index in [9.17, 15) is 0 Å². The zero-order valence-corrected chi connectivity index (χ0v) is 28.2. The summed E-state index contributed by atoms with van der Waals surface area (Å²) in [6, 6.07) is 58.5. The van der Waals surface area contributed by atoms with E-state index in [1.807, 2.05) is 0 Å². The second-order valence-corrected chi connectivity index (χ2v) is 15.6. The molecule has 47 heavy (non-hydrogen) atoms. The van der Waals surface area contributed by atoms with E-state index in [2.05, 4.69) is 204 Å². The van der Waals surface area contributed by atoms with Crippen LogP contribution in [-0.2, 0) is 5.41 Å². The maximum atomic E-state index is 2.67. The van der Waals surface area contributed by atoms with Gasteiger partial charge in [0.1, 0.15) is 0 Å². The summed E-state index contributed by atoms with van der Waals surface area (Å²) in [5.41, 5.74) is 13.5. The molecule has 0 aromatic heterocycles. The molecule has 8 heteroatoms. The summed E-state index contributed by atoms with van der Waals surface area (Å²) in [5.74, 6) is 0. The quantitative estimate of drug-likeness (QED) is 0.198. The fraction of sp³-hybridized carbons (Fsp3) is 0.0769. The summed E-state index contributed by atoms with van der Waals surface area (Å²) in [5, 5.41) is 0. The van der Waals surface area contributed by atoms with Crippen molar-refractivity contribution in [3.8, 4) is 22.3 Å². The molecule has 222 valence electrons. The average Bonchev–Trinajstić information content (AvgIpc) is 3.78. The molecule has 2 saturated heterocycles. The first-order chi connectivity index (χ1) is 23.1. The minimum atomic E-state index is -0.00651. The highest BCUT2D eigenvalue weighted by molar-refractivity contribution is 8.52. The van der Waals surface area contributed by atoms with E-state index in [0.29, 0.717) is 0 Å². The molecule has 0 bridgehead atoms. The summed E-state index contributed by atoms with van der Waals surface area (Å²) in [4.78, 5) is 5.33. The molecule has 6 aromatic rings. The second kappa shape index (κ2) is 11.7. The zero-order valence-electron chi connectivity index (χ0n) is 26.5. The van der Waals surface area contributed by atoms with E-state index in [1.165, 1.54) is 55.2 Å². The fourth-order valence-electron chi connectivity index (χ4n) is 7.73. The van der Waals surface area contributed by atoms with Crippen LogP contribution in [0.5, 0.6) is 0 Å². The van der Waals surface area contributed by atoms with Gasteiger partial charge in [-0.1, -0.05) is 187 Å². The van der Waals surface area contributed by atoms with Gasteiger partial charge >= 0.3 is 24.5 Å². The minimum Gasteiger partial charge on any atom is -0.311 e. The van der Waals surface area contributed by atoms with Crippen LogP contribution < -0.4 is 21.9 Å². The van der Waals surface area contributed by atoms with Crippen molar-refractivity contribution in [2.45, 2.75) is 19.3 Å². The van der Waals surface area contributed by atoms with Crippen molar-refractivity contribution in [1.82, 2.24) is 9.66 Å². The first kappa shape index (κ1) is 29.3. The lowest BCUT2D eigenvalue weighted by atomic mass is 9.64. The third kappa shape index (κ3) is 4.88. The molecule has 3 aliphatic rings. The van der Waals surface area contributed by atoms with Crippen LogP contribution in [0.1, 0.15) is 25.0 Å². The molecule has 0 saturated carbocycles. The van der Waals surface area contributed by atoms with Crippen molar-refractivity contribution in [2.75, 3.05) is 0 Å². The van der Waals surface area contributed by atoms with Crippen LogP contribution in [0.15, 0.2) is 158 Å². The summed E-state index contributed by atoms with van der Waals surface area (Å²) < 4.78 is 0. The molecular formula is C39H32B4N2S2. The Morgan fingerprint density at radius 3 is 1.32 bits per heavy atom. The molecule has 2 fully saturated rings. The molecule has 9 rings (SSSR count). The van der Waals surface area contributed by atoms with Crippen LogP contribution in [0.4, 0.5) is 0 Å². The van der Waals surface area contributed by atoms with Crippen molar-refractivity contribution in [3.05, 3.63) is 169 Å². The Kier molecular flexibility index (Phi) is 7.31. The first-order valence-corrected chi connectivity index (χ1v) is 18.3. The molecule has 6 aromatic carbocycles. The molecule has 2 aliphatic heterocycles. The highest BCUT2D eigenvalue weighted by atomic mass is 32.2. The van der Waals surface area contributed by atoms with Crippen molar-refractivity contribution >= 4 is 69.3 Å². The Hall–Kier alpha value is -3.80. The normalized spacial score (nSPS) is 16.8. The van der Waals surface area contributed by atoms with E-state index in [4.69, 9.17) is 0 Å². The van der Waals surface area contributed by atoms with Gasteiger partial charge in [-0.25, -0.2) is 22.9 Å². The lowest BCUT2D eigenvalue weighted by Gasteiger charge is -2.32. The SMILES string of the molecule is CC1(C)c2ccccc2-c2ccc(-c3ccc(B4SB(c5ccccc5)N5B(c6ccccc6)SB(c6ccccc6)N45)cc3)cc21. The van der Waals surface area contributed by atoms with E-state index in [1.54, 1.807) is 0 Å². The van der Waals surface area contributed by atoms with Crippen molar-refractivity contribution in [1.29, 1.82) is 0 Å². The van der Waals surface area contributed by atoms with Crippen LogP contribution in [0, 0.1) is 0 Å². The highest BCUT2D eigenvalue weighted by Gasteiger charge is 2.59. The van der Waals surface area contributed by atoms with E-state index in [-0.39, 0.29) is 29.9 Å². The smallest absolute Gasteiger partial charge is 0.311 e. The third-order valence-electron chi connectivity index (χ3n) is 10.1. The largest absolute Gasteiger partial charge is 0.319 e. The molecule has 0 amide bonds. The average molecular weight is 636 g/mol. The lowest BCUT2D eigenvalue weighted by Crippen LogP contribution is -2.60. The minimum absolute atomic E-state index is 0.00651. The molecule has 2 heterocycles. The van der Waals surface area contributed by atoms with Crippen LogP contribution in [0.3, 0.4) is 0 Å². The lowest BCUT2D eigenvalue weighted by molar-refractivity contribution is 0.439.